The van der Waals surface area contributed by atoms with E-state index in [4.69, 9.17) is 4.74 Å². The molecule has 4 heteroatoms. The molecule has 0 aromatic heterocycles. The zero-order chi connectivity index (χ0) is 18.8. The van der Waals surface area contributed by atoms with Crippen LogP contribution in [0.3, 0.4) is 0 Å². The molecule has 6 rings (SSSR count). The lowest BCUT2D eigenvalue weighted by molar-refractivity contribution is -0.294. The molecule has 4 aliphatic carbocycles. The van der Waals surface area contributed by atoms with E-state index in [1.807, 2.05) is 0 Å². The summed E-state index contributed by atoms with van der Waals surface area (Å²) in [5.41, 5.74) is 2.26. The fourth-order valence-electron chi connectivity index (χ4n) is 9.42. The molecule has 0 radical (unpaired) electrons. The van der Waals surface area contributed by atoms with Gasteiger partial charge in [0.25, 0.3) is 0 Å². The quantitative estimate of drug-likeness (QED) is 0.567. The van der Waals surface area contributed by atoms with Gasteiger partial charge in [-0.25, -0.2) is 0 Å². The molecule has 4 nitrogen and oxygen atoms in total. The first-order chi connectivity index (χ1) is 12.9. The number of aliphatic hydroxyl groups is 1. The van der Waals surface area contributed by atoms with Crippen molar-refractivity contribution in [3.63, 3.8) is 0 Å². The summed E-state index contributed by atoms with van der Waals surface area (Å²) in [7, 11) is 1.54. The SMILES string of the molecule is COC(=O)C1CC23C4=C(CCC41)CCC1CN4CC(C)C(CCC12C)C43O. The van der Waals surface area contributed by atoms with Gasteiger partial charge in [-0.05, 0) is 68.1 Å². The van der Waals surface area contributed by atoms with Crippen molar-refractivity contribution in [3.05, 3.63) is 11.1 Å². The fraction of sp³-hybridized carbons (Fsp3) is 0.870. The molecular weight excluding hydrogens is 338 g/mol. The molecule has 1 N–H and O–H groups in total. The van der Waals surface area contributed by atoms with Crippen molar-refractivity contribution in [2.45, 2.75) is 64.5 Å². The summed E-state index contributed by atoms with van der Waals surface area (Å²) in [4.78, 5) is 15.3. The first-order valence-corrected chi connectivity index (χ1v) is 11.2. The Kier molecular flexibility index (Phi) is 3.15. The van der Waals surface area contributed by atoms with Crippen LogP contribution in [0.4, 0.5) is 0 Å². The van der Waals surface area contributed by atoms with E-state index < -0.39 is 5.72 Å². The predicted molar refractivity (Wildman–Crippen MR) is 102 cm³/mol. The number of esters is 1. The third-order valence-corrected chi connectivity index (χ3v) is 10.4. The molecule has 148 valence electrons. The maximum absolute atomic E-state index is 12.8. The number of methoxy groups -OCH3 is 1. The van der Waals surface area contributed by atoms with E-state index >= 15 is 0 Å². The Morgan fingerprint density at radius 3 is 2.78 bits per heavy atom. The second kappa shape index (κ2) is 4.99. The number of ether oxygens (including phenoxy) is 1. The van der Waals surface area contributed by atoms with Gasteiger partial charge in [0.1, 0.15) is 5.72 Å². The van der Waals surface area contributed by atoms with Gasteiger partial charge in [-0.3, -0.25) is 9.69 Å². The summed E-state index contributed by atoms with van der Waals surface area (Å²) in [6.45, 7) is 6.89. The zero-order valence-electron chi connectivity index (χ0n) is 17.0. The third kappa shape index (κ3) is 1.58. The molecule has 8 unspecified atom stereocenters. The summed E-state index contributed by atoms with van der Waals surface area (Å²) in [5, 5.41) is 12.6. The Balaban J connectivity index is 1.65. The van der Waals surface area contributed by atoms with Gasteiger partial charge in [0, 0.05) is 24.4 Å². The van der Waals surface area contributed by atoms with E-state index in [2.05, 4.69) is 18.7 Å². The van der Waals surface area contributed by atoms with E-state index in [1.165, 1.54) is 31.9 Å². The van der Waals surface area contributed by atoms with Crippen LogP contribution in [0.1, 0.15) is 58.8 Å². The van der Waals surface area contributed by atoms with Crippen LogP contribution in [0.2, 0.25) is 0 Å². The molecule has 2 saturated carbocycles. The van der Waals surface area contributed by atoms with Crippen molar-refractivity contribution in [3.8, 4) is 0 Å². The van der Waals surface area contributed by atoms with E-state index in [-0.39, 0.29) is 22.7 Å². The summed E-state index contributed by atoms with van der Waals surface area (Å²) in [5.74, 6) is 1.72. The van der Waals surface area contributed by atoms with Crippen molar-refractivity contribution >= 4 is 5.97 Å². The minimum absolute atomic E-state index is 0.0426. The molecule has 6 aliphatic rings. The summed E-state index contributed by atoms with van der Waals surface area (Å²) in [6, 6.07) is 0. The number of allylic oxidation sites excluding steroid dienone is 1. The number of hydrogen-bond acceptors (Lipinski definition) is 4. The summed E-state index contributed by atoms with van der Waals surface area (Å²) >= 11 is 0. The lowest BCUT2D eigenvalue weighted by atomic mass is 9.42. The van der Waals surface area contributed by atoms with Crippen LogP contribution in [0.25, 0.3) is 0 Å². The van der Waals surface area contributed by atoms with Crippen LogP contribution < -0.4 is 0 Å². The lowest BCUT2D eigenvalue weighted by Gasteiger charge is -2.69. The molecule has 2 saturated heterocycles. The van der Waals surface area contributed by atoms with Crippen molar-refractivity contribution in [1.29, 1.82) is 0 Å². The predicted octanol–water partition coefficient (Wildman–Crippen LogP) is 3.35. The standard InChI is InChI=1S/C23H33NO3/c1-13-11-24-12-15-6-4-14-5-7-16-17(20(25)27-3)10-22(19(14)16)21(15,2)9-8-18(13)23(22,24)26/h13,15-18,26H,4-12H2,1-3H3. The van der Waals surface area contributed by atoms with Crippen LogP contribution in [-0.4, -0.2) is 41.9 Å². The van der Waals surface area contributed by atoms with Crippen LogP contribution >= 0.6 is 0 Å². The Labute approximate surface area is 162 Å². The van der Waals surface area contributed by atoms with Crippen LogP contribution in [0, 0.1) is 40.4 Å². The highest BCUT2D eigenvalue weighted by atomic mass is 16.5. The molecular formula is C23H33NO3. The summed E-state index contributed by atoms with van der Waals surface area (Å²) in [6.07, 6.45) is 7.83. The van der Waals surface area contributed by atoms with Gasteiger partial charge in [-0.2, -0.15) is 0 Å². The highest BCUT2D eigenvalue weighted by Gasteiger charge is 2.80. The second-order valence-corrected chi connectivity index (χ2v) is 10.8. The molecule has 0 aromatic carbocycles. The van der Waals surface area contributed by atoms with Gasteiger partial charge in [-0.15, -0.1) is 0 Å². The smallest absolute Gasteiger partial charge is 0.309 e. The minimum Gasteiger partial charge on any atom is -0.469 e. The largest absolute Gasteiger partial charge is 0.469 e. The Bertz CT molecular complexity index is 761. The maximum atomic E-state index is 12.8. The first kappa shape index (κ1) is 17.0. The second-order valence-electron chi connectivity index (χ2n) is 10.8. The lowest BCUT2D eigenvalue weighted by Crippen LogP contribution is -2.74. The maximum Gasteiger partial charge on any atom is 0.309 e. The topological polar surface area (TPSA) is 49.8 Å². The molecule has 1 spiro atoms. The highest BCUT2D eigenvalue weighted by Crippen LogP contribution is 2.79. The molecule has 2 aliphatic heterocycles. The molecule has 4 bridgehead atoms. The van der Waals surface area contributed by atoms with Gasteiger partial charge >= 0.3 is 5.97 Å². The van der Waals surface area contributed by atoms with Crippen molar-refractivity contribution in [2.24, 2.45) is 40.4 Å². The van der Waals surface area contributed by atoms with Crippen LogP contribution in [0.5, 0.6) is 0 Å². The third-order valence-electron chi connectivity index (χ3n) is 10.4. The number of carbonyl (C=O) groups is 1. The molecule has 27 heavy (non-hydrogen) atoms. The van der Waals surface area contributed by atoms with Gasteiger partial charge in [0.2, 0.25) is 0 Å². The molecule has 0 amide bonds. The number of piperidine rings is 1. The monoisotopic (exact) mass is 371 g/mol. The van der Waals surface area contributed by atoms with E-state index in [9.17, 15) is 9.90 Å². The Morgan fingerprint density at radius 2 is 2.00 bits per heavy atom. The molecule has 2 heterocycles. The van der Waals surface area contributed by atoms with Gasteiger partial charge in [0.15, 0.2) is 0 Å². The minimum atomic E-state index is -0.758. The molecule has 0 aromatic rings. The number of nitrogens with zero attached hydrogens (tertiary/aromatic N) is 1. The van der Waals surface area contributed by atoms with Crippen LogP contribution in [-0.2, 0) is 9.53 Å². The van der Waals surface area contributed by atoms with E-state index in [1.54, 1.807) is 5.57 Å². The van der Waals surface area contributed by atoms with Gasteiger partial charge in [-0.1, -0.05) is 25.0 Å². The van der Waals surface area contributed by atoms with Gasteiger partial charge < -0.3 is 9.84 Å². The molecule has 4 fully saturated rings. The Morgan fingerprint density at radius 1 is 1.22 bits per heavy atom. The van der Waals surface area contributed by atoms with Crippen molar-refractivity contribution in [1.82, 2.24) is 4.90 Å². The van der Waals surface area contributed by atoms with E-state index in [0.717, 1.165) is 38.8 Å². The van der Waals surface area contributed by atoms with Gasteiger partial charge in [0.05, 0.1) is 13.0 Å². The molecule has 8 atom stereocenters. The van der Waals surface area contributed by atoms with Crippen molar-refractivity contribution in [2.75, 3.05) is 20.2 Å². The summed E-state index contributed by atoms with van der Waals surface area (Å²) < 4.78 is 5.28. The normalized spacial score (nSPS) is 55.5. The number of rotatable bonds is 1. The zero-order valence-corrected chi connectivity index (χ0v) is 17.0. The average Bonchev–Trinajstić information content (AvgIpc) is 3.26. The fourth-order valence-corrected chi connectivity index (χ4v) is 9.42. The Hall–Kier alpha value is -0.870. The number of hydrogen-bond donors (Lipinski definition) is 1. The average molecular weight is 372 g/mol. The highest BCUT2D eigenvalue weighted by molar-refractivity contribution is 5.75. The number of carbonyl (C=O) groups excluding carboxylic acids is 1. The van der Waals surface area contributed by atoms with Crippen molar-refractivity contribution < 1.29 is 14.6 Å². The van der Waals surface area contributed by atoms with E-state index in [0.29, 0.717) is 23.7 Å². The van der Waals surface area contributed by atoms with Crippen LogP contribution in [0.15, 0.2) is 11.1 Å². The first-order valence-electron chi connectivity index (χ1n) is 11.2.